The molecule has 1 aromatic carbocycles. The van der Waals surface area contributed by atoms with Crippen LogP contribution in [0.3, 0.4) is 0 Å². The van der Waals surface area contributed by atoms with Crippen LogP contribution in [0, 0.1) is 6.92 Å². The monoisotopic (exact) mass is 421 g/mol. The SMILES string of the molecule is C=CCn1c(Cc2cccn2C)nnc1SCc1csc(-c2cccc(C)c2)n1. The Kier molecular flexibility index (Phi) is 5.97. The Balaban J connectivity index is 1.48. The van der Waals surface area contributed by atoms with Gasteiger partial charge in [0.15, 0.2) is 5.16 Å². The molecular weight excluding hydrogens is 398 g/mol. The van der Waals surface area contributed by atoms with E-state index in [1.54, 1.807) is 23.1 Å². The van der Waals surface area contributed by atoms with Gasteiger partial charge in [-0.25, -0.2) is 4.98 Å². The lowest BCUT2D eigenvalue weighted by molar-refractivity contribution is 0.681. The molecule has 7 heteroatoms. The predicted molar refractivity (Wildman–Crippen MR) is 120 cm³/mol. The molecule has 0 saturated heterocycles. The Labute approximate surface area is 179 Å². The van der Waals surface area contributed by atoms with Gasteiger partial charge in [-0.1, -0.05) is 41.6 Å². The van der Waals surface area contributed by atoms with Gasteiger partial charge in [0.25, 0.3) is 0 Å². The number of thiazole rings is 1. The number of aryl methyl sites for hydroxylation is 2. The molecule has 3 heterocycles. The van der Waals surface area contributed by atoms with Crippen molar-refractivity contribution >= 4 is 23.1 Å². The van der Waals surface area contributed by atoms with Crippen LogP contribution in [0.4, 0.5) is 0 Å². The van der Waals surface area contributed by atoms with Gasteiger partial charge in [0.05, 0.1) is 5.69 Å². The molecule has 0 aliphatic carbocycles. The summed E-state index contributed by atoms with van der Waals surface area (Å²) >= 11 is 3.35. The van der Waals surface area contributed by atoms with Crippen LogP contribution in [-0.2, 0) is 25.8 Å². The van der Waals surface area contributed by atoms with Crippen molar-refractivity contribution in [2.45, 2.75) is 30.8 Å². The quantitative estimate of drug-likeness (QED) is 0.293. The van der Waals surface area contributed by atoms with Gasteiger partial charge in [-0.3, -0.25) is 0 Å². The second-order valence-corrected chi connectivity index (χ2v) is 8.69. The molecule has 0 saturated carbocycles. The molecule has 29 heavy (non-hydrogen) atoms. The van der Waals surface area contributed by atoms with Crippen LogP contribution >= 0.6 is 23.1 Å². The summed E-state index contributed by atoms with van der Waals surface area (Å²) in [6, 6.07) is 12.6. The normalized spacial score (nSPS) is 11.1. The zero-order valence-electron chi connectivity index (χ0n) is 16.6. The molecule has 3 aromatic heterocycles. The van der Waals surface area contributed by atoms with E-state index in [0.29, 0.717) is 6.54 Å². The van der Waals surface area contributed by atoms with Crippen molar-refractivity contribution in [1.82, 2.24) is 24.3 Å². The summed E-state index contributed by atoms with van der Waals surface area (Å²) in [5, 5.41) is 13.0. The summed E-state index contributed by atoms with van der Waals surface area (Å²) < 4.78 is 4.25. The van der Waals surface area contributed by atoms with Gasteiger partial charge >= 0.3 is 0 Å². The molecule has 0 fully saturated rings. The maximum absolute atomic E-state index is 4.81. The summed E-state index contributed by atoms with van der Waals surface area (Å²) in [5.74, 6) is 1.72. The molecule has 0 bridgehead atoms. The van der Waals surface area contributed by atoms with Crippen LogP contribution in [-0.4, -0.2) is 24.3 Å². The first-order chi connectivity index (χ1) is 14.1. The van der Waals surface area contributed by atoms with Crippen molar-refractivity contribution in [2.24, 2.45) is 7.05 Å². The van der Waals surface area contributed by atoms with Crippen molar-refractivity contribution in [3.63, 3.8) is 0 Å². The number of thioether (sulfide) groups is 1. The van der Waals surface area contributed by atoms with Crippen molar-refractivity contribution in [1.29, 1.82) is 0 Å². The summed E-state index contributed by atoms with van der Waals surface area (Å²) in [5.41, 5.74) is 4.69. The van der Waals surface area contributed by atoms with Gasteiger partial charge < -0.3 is 9.13 Å². The number of rotatable bonds is 8. The predicted octanol–water partition coefficient (Wildman–Crippen LogP) is 5.12. The summed E-state index contributed by atoms with van der Waals surface area (Å²) in [4.78, 5) is 4.81. The molecule has 0 radical (unpaired) electrons. The molecular formula is C22H23N5S2. The van der Waals surface area contributed by atoms with Crippen molar-refractivity contribution in [3.8, 4) is 10.6 Å². The minimum Gasteiger partial charge on any atom is -0.354 e. The molecule has 0 N–H and O–H groups in total. The van der Waals surface area contributed by atoms with Gasteiger partial charge in [-0.05, 0) is 25.1 Å². The molecule has 0 spiro atoms. The summed E-state index contributed by atoms with van der Waals surface area (Å²) in [6.45, 7) is 6.69. The van der Waals surface area contributed by atoms with E-state index >= 15 is 0 Å². The maximum Gasteiger partial charge on any atom is 0.191 e. The second-order valence-electron chi connectivity index (χ2n) is 6.89. The minimum atomic E-state index is 0.695. The Morgan fingerprint density at radius 1 is 1.21 bits per heavy atom. The highest BCUT2D eigenvalue weighted by molar-refractivity contribution is 7.98. The molecule has 4 aromatic rings. The van der Waals surface area contributed by atoms with Crippen LogP contribution in [0.25, 0.3) is 10.6 Å². The van der Waals surface area contributed by atoms with E-state index in [1.807, 2.05) is 25.4 Å². The molecule has 0 aliphatic rings. The Morgan fingerprint density at radius 2 is 2.10 bits per heavy atom. The molecule has 0 aliphatic heterocycles. The molecule has 4 rings (SSSR count). The average molecular weight is 422 g/mol. The van der Waals surface area contributed by atoms with Crippen LogP contribution in [0.15, 0.2) is 65.8 Å². The first kappa shape index (κ1) is 19.7. The van der Waals surface area contributed by atoms with Gasteiger partial charge in [0.2, 0.25) is 0 Å². The van der Waals surface area contributed by atoms with Crippen LogP contribution in [0.2, 0.25) is 0 Å². The number of allylic oxidation sites excluding steroid dienone is 1. The van der Waals surface area contributed by atoms with Gasteiger partial charge in [-0.15, -0.1) is 28.1 Å². The first-order valence-corrected chi connectivity index (χ1v) is 11.3. The third kappa shape index (κ3) is 4.52. The van der Waals surface area contributed by atoms with E-state index < -0.39 is 0 Å². The van der Waals surface area contributed by atoms with Crippen molar-refractivity contribution in [3.05, 3.63) is 83.4 Å². The van der Waals surface area contributed by atoms with E-state index in [1.165, 1.54) is 16.8 Å². The standard InChI is InChI=1S/C22H23N5S2/c1-4-10-27-20(13-19-9-6-11-26(19)3)24-25-22(27)29-15-18-14-28-21(23-18)17-8-5-7-16(2)12-17/h4-9,11-12,14H,1,10,13,15H2,2-3H3. The van der Waals surface area contributed by atoms with Gasteiger partial charge in [0, 0.05) is 48.6 Å². The number of benzene rings is 1. The average Bonchev–Trinajstić information content (AvgIpc) is 3.43. The first-order valence-electron chi connectivity index (χ1n) is 9.41. The topological polar surface area (TPSA) is 48.5 Å². The highest BCUT2D eigenvalue weighted by Crippen LogP contribution is 2.28. The molecule has 5 nitrogen and oxygen atoms in total. The van der Waals surface area contributed by atoms with Gasteiger partial charge in [0.1, 0.15) is 10.8 Å². The fourth-order valence-corrected chi connectivity index (χ4v) is 4.91. The molecule has 0 atom stereocenters. The zero-order chi connectivity index (χ0) is 20.2. The van der Waals surface area contributed by atoms with E-state index in [2.05, 4.69) is 68.5 Å². The van der Waals surface area contributed by atoms with Crippen LogP contribution < -0.4 is 0 Å². The summed E-state index contributed by atoms with van der Waals surface area (Å²) in [7, 11) is 2.05. The smallest absolute Gasteiger partial charge is 0.191 e. The lowest BCUT2D eigenvalue weighted by Gasteiger charge is -2.08. The number of hydrogen-bond acceptors (Lipinski definition) is 5. The Morgan fingerprint density at radius 3 is 2.86 bits per heavy atom. The Hall–Kier alpha value is -2.64. The van der Waals surface area contributed by atoms with Crippen LogP contribution in [0.5, 0.6) is 0 Å². The fraction of sp³-hybridized carbons (Fsp3) is 0.227. The fourth-order valence-electron chi connectivity index (χ4n) is 3.13. The van der Waals surface area contributed by atoms with E-state index in [0.717, 1.165) is 33.9 Å². The lowest BCUT2D eigenvalue weighted by Crippen LogP contribution is -2.06. The Bertz CT molecular complexity index is 1120. The number of aromatic nitrogens is 5. The highest BCUT2D eigenvalue weighted by atomic mass is 32.2. The van der Waals surface area contributed by atoms with E-state index in [-0.39, 0.29) is 0 Å². The largest absolute Gasteiger partial charge is 0.354 e. The summed E-state index contributed by atoms with van der Waals surface area (Å²) in [6.07, 6.45) is 4.69. The maximum atomic E-state index is 4.81. The minimum absolute atomic E-state index is 0.695. The van der Waals surface area contributed by atoms with Gasteiger partial charge in [-0.2, -0.15) is 0 Å². The molecule has 0 unspecified atom stereocenters. The van der Waals surface area contributed by atoms with E-state index in [9.17, 15) is 0 Å². The molecule has 0 amide bonds. The van der Waals surface area contributed by atoms with Crippen LogP contribution in [0.1, 0.15) is 22.8 Å². The van der Waals surface area contributed by atoms with E-state index in [4.69, 9.17) is 4.98 Å². The third-order valence-electron chi connectivity index (χ3n) is 4.66. The third-order valence-corrected chi connectivity index (χ3v) is 6.60. The highest BCUT2D eigenvalue weighted by Gasteiger charge is 2.14. The molecule has 148 valence electrons. The number of hydrogen-bond donors (Lipinski definition) is 0. The zero-order valence-corrected chi connectivity index (χ0v) is 18.2. The van der Waals surface area contributed by atoms with Crippen molar-refractivity contribution in [2.75, 3.05) is 0 Å². The van der Waals surface area contributed by atoms with Crippen molar-refractivity contribution < 1.29 is 0 Å². The lowest BCUT2D eigenvalue weighted by atomic mass is 10.1. The second kappa shape index (κ2) is 8.80. The number of nitrogens with zero attached hydrogens (tertiary/aromatic N) is 5.